The highest BCUT2D eigenvalue weighted by Crippen LogP contribution is 2.26. The largest absolute Gasteiger partial charge is 0.381 e. The first-order valence-electron chi connectivity index (χ1n) is 8.44. The molecule has 0 radical (unpaired) electrons. The number of rotatable bonds is 5. The van der Waals surface area contributed by atoms with Crippen molar-refractivity contribution in [3.05, 3.63) is 17.6 Å². The maximum absolute atomic E-state index is 5.49. The fourth-order valence-electron chi connectivity index (χ4n) is 3.27. The Morgan fingerprint density at radius 2 is 1.91 bits per heavy atom. The molecule has 0 bridgehead atoms. The van der Waals surface area contributed by atoms with Crippen LogP contribution in [0.1, 0.15) is 43.1 Å². The van der Waals surface area contributed by atoms with Crippen molar-refractivity contribution in [1.29, 1.82) is 0 Å². The van der Waals surface area contributed by atoms with Crippen molar-refractivity contribution < 1.29 is 9.47 Å². The third-order valence-electron chi connectivity index (χ3n) is 4.80. The van der Waals surface area contributed by atoms with Crippen molar-refractivity contribution in [1.82, 2.24) is 9.97 Å². The summed E-state index contributed by atoms with van der Waals surface area (Å²) < 4.78 is 10.9. The zero-order chi connectivity index (χ0) is 15.4. The number of hydrogen-bond donors (Lipinski definition) is 0. The standard InChI is InChI=1S/C17H27N3O2/c1-13-18-16(15-6-10-22-12-15)11-17(19-13)20(2)7-3-14-4-8-21-9-5-14/h11,14-15H,3-10,12H2,1-2H3. The third-order valence-corrected chi connectivity index (χ3v) is 4.80. The van der Waals surface area contributed by atoms with E-state index in [-0.39, 0.29) is 0 Å². The highest BCUT2D eigenvalue weighted by molar-refractivity contribution is 5.39. The van der Waals surface area contributed by atoms with E-state index in [1.807, 2.05) is 6.92 Å². The van der Waals surface area contributed by atoms with Gasteiger partial charge in [-0.1, -0.05) is 0 Å². The Hall–Kier alpha value is -1.20. The van der Waals surface area contributed by atoms with E-state index in [2.05, 4.69) is 28.0 Å². The van der Waals surface area contributed by atoms with E-state index in [0.717, 1.165) is 62.6 Å². The zero-order valence-electron chi connectivity index (χ0n) is 13.8. The van der Waals surface area contributed by atoms with Gasteiger partial charge in [0.2, 0.25) is 0 Å². The molecule has 2 aliphatic heterocycles. The number of anilines is 1. The highest BCUT2D eigenvalue weighted by atomic mass is 16.5. The van der Waals surface area contributed by atoms with E-state index in [9.17, 15) is 0 Å². The van der Waals surface area contributed by atoms with E-state index in [1.54, 1.807) is 0 Å². The van der Waals surface area contributed by atoms with Gasteiger partial charge in [0.05, 0.1) is 12.3 Å². The average molecular weight is 305 g/mol. The number of ether oxygens (including phenoxy) is 2. The molecule has 3 heterocycles. The predicted octanol–water partition coefficient (Wildman–Crippen LogP) is 2.54. The molecule has 2 saturated heterocycles. The van der Waals surface area contributed by atoms with Crippen molar-refractivity contribution in [3.8, 4) is 0 Å². The monoisotopic (exact) mass is 305 g/mol. The van der Waals surface area contributed by atoms with Crippen LogP contribution in [0.15, 0.2) is 6.07 Å². The Bertz CT molecular complexity index is 483. The van der Waals surface area contributed by atoms with E-state index < -0.39 is 0 Å². The number of aromatic nitrogens is 2. The highest BCUT2D eigenvalue weighted by Gasteiger charge is 2.21. The molecule has 0 N–H and O–H groups in total. The number of nitrogens with zero attached hydrogens (tertiary/aromatic N) is 3. The molecule has 0 amide bonds. The van der Waals surface area contributed by atoms with Crippen LogP contribution in [0.5, 0.6) is 0 Å². The van der Waals surface area contributed by atoms with Crippen molar-refractivity contribution in [2.45, 2.75) is 38.5 Å². The summed E-state index contributed by atoms with van der Waals surface area (Å²) in [7, 11) is 2.13. The molecule has 1 aromatic heterocycles. The molecule has 0 aliphatic carbocycles. The molecule has 5 heteroatoms. The summed E-state index contributed by atoms with van der Waals surface area (Å²) in [5.41, 5.74) is 1.14. The lowest BCUT2D eigenvalue weighted by Gasteiger charge is -2.25. The van der Waals surface area contributed by atoms with Gasteiger partial charge in [-0.15, -0.1) is 0 Å². The van der Waals surface area contributed by atoms with Gasteiger partial charge in [-0.3, -0.25) is 0 Å². The van der Waals surface area contributed by atoms with Crippen molar-refractivity contribution in [2.24, 2.45) is 5.92 Å². The van der Waals surface area contributed by atoms with Crippen molar-refractivity contribution >= 4 is 5.82 Å². The van der Waals surface area contributed by atoms with Crippen LogP contribution >= 0.6 is 0 Å². The average Bonchev–Trinajstić information content (AvgIpc) is 3.07. The van der Waals surface area contributed by atoms with Crippen molar-refractivity contribution in [2.75, 3.05) is 44.9 Å². The fourth-order valence-corrected chi connectivity index (χ4v) is 3.27. The Kier molecular flexibility index (Phi) is 5.26. The molecule has 22 heavy (non-hydrogen) atoms. The summed E-state index contributed by atoms with van der Waals surface area (Å²) in [6, 6.07) is 2.15. The van der Waals surface area contributed by atoms with Crippen molar-refractivity contribution in [3.63, 3.8) is 0 Å². The van der Waals surface area contributed by atoms with Crippen LogP contribution in [-0.2, 0) is 9.47 Å². The van der Waals surface area contributed by atoms with Crippen LogP contribution in [0.2, 0.25) is 0 Å². The normalized spacial score (nSPS) is 22.9. The molecule has 1 unspecified atom stereocenters. The summed E-state index contributed by atoms with van der Waals surface area (Å²) in [6.07, 6.45) is 4.68. The molecule has 0 spiro atoms. The molecular formula is C17H27N3O2. The summed E-state index contributed by atoms with van der Waals surface area (Å²) in [6.45, 7) is 6.51. The van der Waals surface area contributed by atoms with Gasteiger partial charge >= 0.3 is 0 Å². The maximum Gasteiger partial charge on any atom is 0.132 e. The number of hydrogen-bond acceptors (Lipinski definition) is 5. The second kappa shape index (κ2) is 7.38. The Labute approximate surface area is 133 Å². The summed E-state index contributed by atoms with van der Waals surface area (Å²) in [4.78, 5) is 11.5. The van der Waals surface area contributed by atoms with Crippen LogP contribution in [0.25, 0.3) is 0 Å². The molecular weight excluding hydrogens is 278 g/mol. The van der Waals surface area contributed by atoms with E-state index >= 15 is 0 Å². The molecule has 3 rings (SSSR count). The second-order valence-electron chi connectivity index (χ2n) is 6.52. The minimum atomic E-state index is 0.435. The van der Waals surface area contributed by atoms with Crippen LogP contribution in [0.3, 0.4) is 0 Å². The first-order valence-corrected chi connectivity index (χ1v) is 8.44. The first kappa shape index (κ1) is 15.7. The Morgan fingerprint density at radius 1 is 1.14 bits per heavy atom. The molecule has 0 aromatic carbocycles. The summed E-state index contributed by atoms with van der Waals surface area (Å²) >= 11 is 0. The lowest BCUT2D eigenvalue weighted by atomic mass is 9.96. The van der Waals surface area contributed by atoms with E-state index in [1.165, 1.54) is 19.3 Å². The van der Waals surface area contributed by atoms with Gasteiger partial charge in [-0.25, -0.2) is 9.97 Å². The summed E-state index contributed by atoms with van der Waals surface area (Å²) in [5, 5.41) is 0. The smallest absolute Gasteiger partial charge is 0.132 e. The van der Waals surface area contributed by atoms with Gasteiger partial charge in [-0.05, 0) is 38.5 Å². The van der Waals surface area contributed by atoms with Gasteiger partial charge in [0, 0.05) is 45.4 Å². The van der Waals surface area contributed by atoms with Gasteiger partial charge in [0.15, 0.2) is 0 Å². The van der Waals surface area contributed by atoms with Crippen LogP contribution in [0, 0.1) is 12.8 Å². The molecule has 2 aliphatic rings. The van der Waals surface area contributed by atoms with Gasteiger partial charge in [0.25, 0.3) is 0 Å². The van der Waals surface area contributed by atoms with Crippen LogP contribution in [-0.4, -0.2) is 50.0 Å². The van der Waals surface area contributed by atoms with Crippen LogP contribution < -0.4 is 4.90 Å². The van der Waals surface area contributed by atoms with Crippen LogP contribution in [0.4, 0.5) is 5.82 Å². The Morgan fingerprint density at radius 3 is 2.64 bits per heavy atom. The van der Waals surface area contributed by atoms with Gasteiger partial charge in [-0.2, -0.15) is 0 Å². The predicted molar refractivity (Wildman–Crippen MR) is 86.4 cm³/mol. The second-order valence-corrected chi connectivity index (χ2v) is 6.52. The first-order chi connectivity index (χ1) is 10.7. The van der Waals surface area contributed by atoms with Gasteiger partial charge < -0.3 is 14.4 Å². The molecule has 1 atom stereocenters. The topological polar surface area (TPSA) is 47.5 Å². The molecule has 1 aromatic rings. The fraction of sp³-hybridized carbons (Fsp3) is 0.765. The lowest BCUT2D eigenvalue weighted by molar-refractivity contribution is 0.0645. The van der Waals surface area contributed by atoms with Gasteiger partial charge in [0.1, 0.15) is 11.6 Å². The minimum Gasteiger partial charge on any atom is -0.381 e. The zero-order valence-corrected chi connectivity index (χ0v) is 13.8. The summed E-state index contributed by atoms with van der Waals surface area (Å²) in [5.74, 6) is 3.13. The SMILES string of the molecule is Cc1nc(C2CCOC2)cc(N(C)CCC2CCOCC2)n1. The maximum atomic E-state index is 5.49. The third kappa shape index (κ3) is 3.96. The molecule has 122 valence electrons. The Balaban J connectivity index is 1.62. The molecule has 2 fully saturated rings. The molecule has 5 nitrogen and oxygen atoms in total. The van der Waals surface area contributed by atoms with E-state index in [4.69, 9.17) is 9.47 Å². The molecule has 0 saturated carbocycles. The minimum absolute atomic E-state index is 0.435. The van der Waals surface area contributed by atoms with E-state index in [0.29, 0.717) is 5.92 Å². The quantitative estimate of drug-likeness (QED) is 0.836. The number of aryl methyl sites for hydroxylation is 1. The lowest BCUT2D eigenvalue weighted by Crippen LogP contribution is -2.25.